The third-order valence-electron chi connectivity index (χ3n) is 5.78. The number of anilines is 2. The predicted molar refractivity (Wildman–Crippen MR) is 154 cm³/mol. The van der Waals surface area contributed by atoms with Crippen LogP contribution in [0.15, 0.2) is 95.5 Å². The Bertz CT molecular complexity index is 1620. The second-order valence-electron chi connectivity index (χ2n) is 8.95. The van der Waals surface area contributed by atoms with Crippen LogP contribution in [0.1, 0.15) is 21.5 Å². The molecule has 0 aliphatic heterocycles. The Labute approximate surface area is 242 Å². The number of rotatable bonds is 9. The smallest absolute Gasteiger partial charge is 0.272 e. The Balaban J connectivity index is 1.41. The molecule has 0 fully saturated rings. The number of aryl methyl sites for hydroxylation is 1. The summed E-state index contributed by atoms with van der Waals surface area (Å²) in [6.07, 6.45) is 1.55. The SMILES string of the molecule is Cc1ccc(/C=C(\NC(=O)c2ccccc2)C(=O)Nc2ccc(SCC(=O)Nc3c(F)c(F)cc(F)c3F)cc2)cc1. The summed E-state index contributed by atoms with van der Waals surface area (Å²) < 4.78 is 54.3. The molecule has 0 aliphatic rings. The van der Waals surface area contributed by atoms with Gasteiger partial charge >= 0.3 is 0 Å². The van der Waals surface area contributed by atoms with Crippen LogP contribution in [-0.4, -0.2) is 23.5 Å². The molecule has 3 amide bonds. The number of benzene rings is 4. The zero-order valence-corrected chi connectivity index (χ0v) is 22.8. The van der Waals surface area contributed by atoms with Crippen LogP contribution in [0.3, 0.4) is 0 Å². The van der Waals surface area contributed by atoms with Crippen molar-refractivity contribution < 1.29 is 31.9 Å². The number of halogens is 4. The highest BCUT2D eigenvalue weighted by Crippen LogP contribution is 2.26. The fraction of sp³-hybridized carbons (Fsp3) is 0.0645. The summed E-state index contributed by atoms with van der Waals surface area (Å²) >= 11 is 0.985. The highest BCUT2D eigenvalue weighted by molar-refractivity contribution is 8.00. The van der Waals surface area contributed by atoms with E-state index in [-0.39, 0.29) is 17.5 Å². The van der Waals surface area contributed by atoms with Crippen molar-refractivity contribution in [3.05, 3.63) is 131 Å². The van der Waals surface area contributed by atoms with E-state index in [0.29, 0.717) is 21.7 Å². The highest BCUT2D eigenvalue weighted by atomic mass is 32.2. The van der Waals surface area contributed by atoms with Gasteiger partial charge in [-0.15, -0.1) is 11.8 Å². The molecular weight excluding hydrogens is 570 g/mol. The molecule has 6 nitrogen and oxygen atoms in total. The number of hydrogen-bond donors (Lipinski definition) is 3. The molecule has 4 aromatic rings. The highest BCUT2D eigenvalue weighted by Gasteiger charge is 2.21. The molecule has 0 heterocycles. The fourth-order valence-corrected chi connectivity index (χ4v) is 4.31. The average Bonchev–Trinajstić information content (AvgIpc) is 2.99. The molecule has 4 rings (SSSR count). The summed E-state index contributed by atoms with van der Waals surface area (Å²) in [5.41, 5.74) is 1.30. The van der Waals surface area contributed by atoms with Gasteiger partial charge in [0.25, 0.3) is 11.8 Å². The molecule has 0 unspecified atom stereocenters. The average molecular weight is 594 g/mol. The van der Waals surface area contributed by atoms with Crippen molar-refractivity contribution in [3.8, 4) is 0 Å². The van der Waals surface area contributed by atoms with Crippen LogP contribution < -0.4 is 16.0 Å². The van der Waals surface area contributed by atoms with E-state index in [9.17, 15) is 31.9 Å². The molecule has 0 atom stereocenters. The summed E-state index contributed by atoms with van der Waals surface area (Å²) in [7, 11) is 0. The van der Waals surface area contributed by atoms with Crippen molar-refractivity contribution in [2.45, 2.75) is 11.8 Å². The van der Waals surface area contributed by atoms with Gasteiger partial charge in [0.2, 0.25) is 5.91 Å². The number of amides is 3. The third kappa shape index (κ3) is 7.85. The quantitative estimate of drug-likeness (QED) is 0.0874. The predicted octanol–water partition coefficient (Wildman–Crippen LogP) is 6.69. The van der Waals surface area contributed by atoms with Gasteiger partial charge in [-0.05, 0) is 55.0 Å². The molecule has 4 aromatic carbocycles. The van der Waals surface area contributed by atoms with E-state index in [1.165, 1.54) is 0 Å². The maximum Gasteiger partial charge on any atom is 0.272 e. The minimum Gasteiger partial charge on any atom is -0.321 e. The molecule has 0 aliphatic carbocycles. The summed E-state index contributed by atoms with van der Waals surface area (Å²) in [6, 6.07) is 22.1. The maximum absolute atomic E-state index is 13.8. The Kier molecular flexibility index (Phi) is 9.77. The number of nitrogens with one attached hydrogen (secondary N) is 3. The lowest BCUT2D eigenvalue weighted by molar-refractivity contribution is -0.114. The first kappa shape index (κ1) is 30.1. The Hall–Kier alpha value is -4.90. The van der Waals surface area contributed by atoms with Gasteiger partial charge in [0.05, 0.1) is 5.75 Å². The van der Waals surface area contributed by atoms with Crippen molar-refractivity contribution in [2.24, 2.45) is 0 Å². The molecule has 0 bridgehead atoms. The van der Waals surface area contributed by atoms with Crippen molar-refractivity contribution in [3.63, 3.8) is 0 Å². The minimum absolute atomic E-state index is 0.0103. The van der Waals surface area contributed by atoms with Crippen LogP contribution >= 0.6 is 11.8 Å². The van der Waals surface area contributed by atoms with E-state index in [1.54, 1.807) is 60.7 Å². The Morgan fingerprint density at radius 1 is 0.786 bits per heavy atom. The van der Waals surface area contributed by atoms with Gasteiger partial charge < -0.3 is 16.0 Å². The molecule has 11 heteroatoms. The van der Waals surface area contributed by atoms with Gasteiger partial charge in [0, 0.05) is 22.2 Å². The van der Waals surface area contributed by atoms with E-state index in [0.717, 1.165) is 17.3 Å². The van der Waals surface area contributed by atoms with Crippen LogP contribution in [0.5, 0.6) is 0 Å². The Morgan fingerprint density at radius 3 is 2.02 bits per heavy atom. The fourth-order valence-electron chi connectivity index (χ4n) is 3.61. The zero-order valence-electron chi connectivity index (χ0n) is 22.0. The first-order valence-electron chi connectivity index (χ1n) is 12.4. The summed E-state index contributed by atoms with van der Waals surface area (Å²) in [6.45, 7) is 1.93. The van der Waals surface area contributed by atoms with Gasteiger partial charge in [-0.2, -0.15) is 0 Å². The van der Waals surface area contributed by atoms with E-state index in [1.807, 2.05) is 36.5 Å². The maximum atomic E-state index is 13.8. The van der Waals surface area contributed by atoms with E-state index < -0.39 is 46.7 Å². The number of carbonyl (C=O) groups is 3. The number of hydrogen-bond acceptors (Lipinski definition) is 4. The largest absolute Gasteiger partial charge is 0.321 e. The van der Waals surface area contributed by atoms with Gasteiger partial charge in [-0.3, -0.25) is 14.4 Å². The van der Waals surface area contributed by atoms with Gasteiger partial charge in [0.1, 0.15) is 11.4 Å². The van der Waals surface area contributed by atoms with Crippen LogP contribution in [0, 0.1) is 30.2 Å². The molecule has 42 heavy (non-hydrogen) atoms. The monoisotopic (exact) mass is 593 g/mol. The molecule has 0 saturated carbocycles. The third-order valence-corrected chi connectivity index (χ3v) is 6.79. The summed E-state index contributed by atoms with van der Waals surface area (Å²) in [5, 5.41) is 7.21. The lowest BCUT2D eigenvalue weighted by Crippen LogP contribution is -2.30. The topological polar surface area (TPSA) is 87.3 Å². The molecule has 0 aromatic heterocycles. The van der Waals surface area contributed by atoms with Crippen molar-refractivity contribution >= 4 is 46.9 Å². The molecular formula is C31H23F4N3O3S. The van der Waals surface area contributed by atoms with E-state index in [2.05, 4.69) is 10.6 Å². The van der Waals surface area contributed by atoms with Crippen LogP contribution in [0.2, 0.25) is 0 Å². The first-order chi connectivity index (χ1) is 20.1. The molecule has 0 spiro atoms. The van der Waals surface area contributed by atoms with Crippen molar-refractivity contribution in [2.75, 3.05) is 16.4 Å². The second-order valence-corrected chi connectivity index (χ2v) is 10.00. The summed E-state index contributed by atoms with van der Waals surface area (Å²) in [5.74, 6) is -8.93. The minimum atomic E-state index is -1.71. The van der Waals surface area contributed by atoms with E-state index in [4.69, 9.17) is 0 Å². The van der Waals surface area contributed by atoms with Crippen molar-refractivity contribution in [1.82, 2.24) is 5.32 Å². The molecule has 3 N–H and O–H groups in total. The number of carbonyl (C=O) groups excluding carboxylic acids is 3. The van der Waals surface area contributed by atoms with Gasteiger partial charge in [-0.1, -0.05) is 48.0 Å². The lowest BCUT2D eigenvalue weighted by Gasteiger charge is -2.12. The van der Waals surface area contributed by atoms with Crippen LogP contribution in [0.4, 0.5) is 28.9 Å². The van der Waals surface area contributed by atoms with E-state index >= 15 is 0 Å². The standard InChI is InChI=1S/C31H23F4N3O3S/c1-18-7-9-19(10-8-18)15-25(37-30(40)20-5-3-2-4-6-20)31(41)36-21-11-13-22(14-12-21)42-17-26(39)38-29-27(34)23(32)16-24(33)28(29)35/h2-16H,17H2,1H3,(H,36,41)(H,37,40)(H,38,39)/b25-15-. The van der Waals surface area contributed by atoms with Crippen LogP contribution in [0.25, 0.3) is 6.08 Å². The van der Waals surface area contributed by atoms with Crippen molar-refractivity contribution in [1.29, 1.82) is 0 Å². The second kappa shape index (κ2) is 13.6. The first-order valence-corrected chi connectivity index (χ1v) is 13.4. The zero-order chi connectivity index (χ0) is 30.2. The van der Waals surface area contributed by atoms with Gasteiger partial charge in [0.15, 0.2) is 23.3 Å². The summed E-state index contributed by atoms with van der Waals surface area (Å²) in [4.78, 5) is 38.6. The Morgan fingerprint density at radius 2 is 1.40 bits per heavy atom. The molecule has 214 valence electrons. The molecule has 0 radical (unpaired) electrons. The normalized spacial score (nSPS) is 11.1. The lowest BCUT2D eigenvalue weighted by atomic mass is 10.1. The van der Waals surface area contributed by atoms with Gasteiger partial charge in [-0.25, -0.2) is 17.6 Å². The number of thioether (sulfide) groups is 1. The van der Waals surface area contributed by atoms with Crippen LogP contribution in [-0.2, 0) is 9.59 Å². The molecule has 0 saturated heterocycles.